The first kappa shape index (κ1) is 22.4. The van der Waals surface area contributed by atoms with E-state index >= 15 is 0 Å². The second kappa shape index (κ2) is 8.13. The zero-order valence-electron chi connectivity index (χ0n) is 19.2. The molecule has 0 aliphatic carbocycles. The third-order valence-electron chi connectivity index (χ3n) is 6.42. The van der Waals surface area contributed by atoms with Gasteiger partial charge in [-0.05, 0) is 6.07 Å². The first-order valence-corrected chi connectivity index (χ1v) is 10.8. The van der Waals surface area contributed by atoms with Crippen LogP contribution in [0.15, 0.2) is 52.1 Å². The van der Waals surface area contributed by atoms with Crippen LogP contribution in [0.4, 0.5) is 5.69 Å². The third-order valence-corrected chi connectivity index (χ3v) is 6.42. The van der Waals surface area contributed by atoms with Crippen molar-refractivity contribution >= 4 is 16.6 Å². The zero-order chi connectivity index (χ0) is 25.0. The maximum atomic E-state index is 13.4. The monoisotopic (exact) mass is 478 g/mol. The summed E-state index contributed by atoms with van der Waals surface area (Å²) >= 11 is 0. The molecule has 180 valence electrons. The van der Waals surface area contributed by atoms with E-state index in [1.165, 1.54) is 30.9 Å². The number of para-hydroxylation sites is 1. The molecule has 0 saturated carbocycles. The highest BCUT2D eigenvalue weighted by Gasteiger charge is 2.35. The molecule has 0 saturated heterocycles. The van der Waals surface area contributed by atoms with E-state index in [1.807, 2.05) is 4.57 Å². The number of ether oxygens (including phenoxy) is 2. The fraction of sp³-hybridized carbons (Fsp3) is 0.250. The van der Waals surface area contributed by atoms with Gasteiger partial charge in [0.25, 0.3) is 11.2 Å². The van der Waals surface area contributed by atoms with Gasteiger partial charge in [-0.2, -0.15) is 0 Å². The number of methoxy groups -OCH3 is 1. The van der Waals surface area contributed by atoms with E-state index in [4.69, 9.17) is 9.47 Å². The SMILES string of the molecule is COc1cccc([C@H]2OCCn3c(-c4cccc([N+](=O)[O-])c4)c4c(=O)n(C)c(=O)n(C)c4c32)c1O. The Labute approximate surface area is 198 Å². The molecule has 2 aromatic carbocycles. The first-order valence-electron chi connectivity index (χ1n) is 10.8. The number of nitrogens with zero attached hydrogens (tertiary/aromatic N) is 4. The predicted molar refractivity (Wildman–Crippen MR) is 127 cm³/mol. The van der Waals surface area contributed by atoms with E-state index in [0.717, 1.165) is 4.57 Å². The minimum atomic E-state index is -0.827. The maximum absolute atomic E-state index is 13.4. The van der Waals surface area contributed by atoms with Gasteiger partial charge in [0.1, 0.15) is 6.10 Å². The molecule has 5 rings (SSSR count). The van der Waals surface area contributed by atoms with Gasteiger partial charge >= 0.3 is 5.69 Å². The van der Waals surface area contributed by atoms with Crippen LogP contribution >= 0.6 is 0 Å². The number of benzene rings is 2. The predicted octanol–water partition coefficient (Wildman–Crippen LogP) is 2.45. The molecule has 11 nitrogen and oxygen atoms in total. The molecule has 0 unspecified atom stereocenters. The van der Waals surface area contributed by atoms with Crippen molar-refractivity contribution in [1.29, 1.82) is 0 Å². The zero-order valence-corrected chi connectivity index (χ0v) is 19.2. The second-order valence-corrected chi connectivity index (χ2v) is 8.27. The van der Waals surface area contributed by atoms with Gasteiger partial charge in [0.15, 0.2) is 11.5 Å². The third kappa shape index (κ3) is 3.23. The molecule has 1 N–H and O–H groups in total. The number of aromatic nitrogens is 3. The van der Waals surface area contributed by atoms with Crippen LogP contribution in [-0.4, -0.2) is 37.4 Å². The van der Waals surface area contributed by atoms with Gasteiger partial charge in [-0.25, -0.2) is 4.79 Å². The Morgan fingerprint density at radius 1 is 1.14 bits per heavy atom. The summed E-state index contributed by atoms with van der Waals surface area (Å²) in [6.45, 7) is 0.576. The number of hydrogen-bond donors (Lipinski definition) is 1. The van der Waals surface area contributed by atoms with Gasteiger partial charge in [0.05, 0.1) is 40.9 Å². The minimum absolute atomic E-state index is 0.117. The van der Waals surface area contributed by atoms with Gasteiger partial charge in [-0.3, -0.25) is 24.0 Å². The van der Waals surface area contributed by atoms with Gasteiger partial charge in [-0.15, -0.1) is 0 Å². The lowest BCUT2D eigenvalue weighted by atomic mass is 10.0. The molecule has 0 bridgehead atoms. The van der Waals surface area contributed by atoms with Crippen molar-refractivity contribution in [2.75, 3.05) is 13.7 Å². The molecule has 1 atom stereocenters. The van der Waals surface area contributed by atoms with Crippen LogP contribution in [0.3, 0.4) is 0 Å². The summed E-state index contributed by atoms with van der Waals surface area (Å²) in [5, 5.41) is 22.6. The van der Waals surface area contributed by atoms with Gasteiger partial charge < -0.3 is 19.1 Å². The van der Waals surface area contributed by atoms with Crippen molar-refractivity contribution in [1.82, 2.24) is 13.7 Å². The van der Waals surface area contributed by atoms with Crippen LogP contribution in [-0.2, 0) is 25.4 Å². The number of nitro groups is 1. The fourth-order valence-electron chi connectivity index (χ4n) is 4.80. The summed E-state index contributed by atoms with van der Waals surface area (Å²) in [4.78, 5) is 37.3. The lowest BCUT2D eigenvalue weighted by Gasteiger charge is -2.28. The highest BCUT2D eigenvalue weighted by atomic mass is 16.6. The van der Waals surface area contributed by atoms with E-state index in [-0.39, 0.29) is 29.2 Å². The number of aromatic hydroxyl groups is 1. The van der Waals surface area contributed by atoms with Crippen LogP contribution in [0.1, 0.15) is 17.4 Å². The molecule has 2 aromatic heterocycles. The van der Waals surface area contributed by atoms with Gasteiger partial charge in [0, 0.05) is 43.9 Å². The fourth-order valence-corrected chi connectivity index (χ4v) is 4.80. The van der Waals surface area contributed by atoms with Crippen LogP contribution in [0.5, 0.6) is 11.5 Å². The Hall–Kier alpha value is -4.38. The number of phenolic OH excluding ortho intramolecular Hbond substituents is 1. The van der Waals surface area contributed by atoms with Crippen LogP contribution < -0.4 is 16.0 Å². The Morgan fingerprint density at radius 3 is 2.60 bits per heavy atom. The Bertz CT molecular complexity index is 1630. The summed E-state index contributed by atoms with van der Waals surface area (Å²) < 4.78 is 15.6. The number of fused-ring (bicyclic) bond motifs is 3. The molecule has 35 heavy (non-hydrogen) atoms. The summed E-state index contributed by atoms with van der Waals surface area (Å²) in [6, 6.07) is 11.0. The van der Waals surface area contributed by atoms with E-state index in [0.29, 0.717) is 34.6 Å². The molecule has 0 amide bonds. The van der Waals surface area contributed by atoms with Gasteiger partial charge in [0.2, 0.25) is 0 Å². The van der Waals surface area contributed by atoms with Crippen molar-refractivity contribution in [3.05, 3.63) is 84.7 Å². The van der Waals surface area contributed by atoms with E-state index in [1.54, 1.807) is 37.4 Å². The number of phenols is 1. The normalized spacial score (nSPS) is 15.2. The number of rotatable bonds is 4. The lowest BCUT2D eigenvalue weighted by Crippen LogP contribution is -2.37. The van der Waals surface area contributed by atoms with Crippen LogP contribution in [0, 0.1) is 10.1 Å². The molecule has 0 spiro atoms. The van der Waals surface area contributed by atoms with Crippen molar-refractivity contribution in [3.63, 3.8) is 0 Å². The molecule has 0 radical (unpaired) electrons. The van der Waals surface area contributed by atoms with E-state index in [2.05, 4.69) is 0 Å². The highest BCUT2D eigenvalue weighted by Crippen LogP contribution is 2.44. The molecule has 1 aliphatic rings. The average Bonchev–Trinajstić information content (AvgIpc) is 3.22. The first-order chi connectivity index (χ1) is 16.8. The van der Waals surface area contributed by atoms with Gasteiger partial charge in [-0.1, -0.05) is 24.3 Å². The van der Waals surface area contributed by atoms with Crippen LogP contribution in [0.2, 0.25) is 0 Å². The average molecular weight is 478 g/mol. The number of non-ortho nitro benzene ring substituents is 1. The summed E-state index contributed by atoms with van der Waals surface area (Å²) in [6.07, 6.45) is -0.827. The minimum Gasteiger partial charge on any atom is -0.504 e. The number of hydrogen-bond acceptors (Lipinski definition) is 7. The Morgan fingerprint density at radius 2 is 1.89 bits per heavy atom. The molecule has 1 aliphatic heterocycles. The standard InChI is InChI=1S/C24H22N4O7/c1-25-19-17(23(30)26(2)24(25)31)18(13-6-4-7-14(12-13)28(32)33)27-10-11-35-22(20(19)27)15-8-5-9-16(34-3)21(15)29/h4-9,12,22,29H,10-11H2,1-3H3/t22-/m1/s1. The quantitative estimate of drug-likeness (QED) is 0.352. The summed E-state index contributed by atoms with van der Waals surface area (Å²) in [7, 11) is 4.38. The van der Waals surface area contributed by atoms with Crippen molar-refractivity contribution in [3.8, 4) is 22.8 Å². The molecule has 11 heteroatoms. The lowest BCUT2D eigenvalue weighted by molar-refractivity contribution is -0.384. The maximum Gasteiger partial charge on any atom is 0.331 e. The Balaban J connectivity index is 1.93. The topological polar surface area (TPSA) is 131 Å². The molecule has 3 heterocycles. The molecular weight excluding hydrogens is 456 g/mol. The largest absolute Gasteiger partial charge is 0.504 e. The molecular formula is C24H22N4O7. The summed E-state index contributed by atoms with van der Waals surface area (Å²) in [5.74, 6) is 0.135. The summed E-state index contributed by atoms with van der Waals surface area (Å²) in [5.41, 5.74) is 0.971. The van der Waals surface area contributed by atoms with E-state index in [9.17, 15) is 24.8 Å². The molecule has 0 fully saturated rings. The number of nitro benzene ring substituents is 1. The van der Waals surface area contributed by atoms with Crippen molar-refractivity contribution < 1.29 is 19.5 Å². The van der Waals surface area contributed by atoms with Crippen molar-refractivity contribution in [2.24, 2.45) is 14.1 Å². The van der Waals surface area contributed by atoms with E-state index < -0.39 is 22.3 Å². The smallest absolute Gasteiger partial charge is 0.331 e. The Kier molecular flexibility index (Phi) is 5.21. The molecule has 4 aromatic rings. The van der Waals surface area contributed by atoms with Crippen LogP contribution in [0.25, 0.3) is 22.2 Å². The van der Waals surface area contributed by atoms with Crippen molar-refractivity contribution in [2.45, 2.75) is 12.6 Å². The highest BCUT2D eigenvalue weighted by molar-refractivity contribution is 5.97. The number of aryl methyl sites for hydroxylation is 1. The second-order valence-electron chi connectivity index (χ2n) is 8.27.